The molecular formula is C17H21N5O2. The molecule has 1 aromatic carbocycles. The summed E-state index contributed by atoms with van der Waals surface area (Å²) in [5.41, 5.74) is 1.13. The number of aromatic nitrogens is 2. The molecule has 7 nitrogen and oxygen atoms in total. The van der Waals surface area contributed by atoms with Gasteiger partial charge in [-0.15, -0.1) is 0 Å². The van der Waals surface area contributed by atoms with Crippen molar-refractivity contribution < 1.29 is 9.53 Å². The summed E-state index contributed by atoms with van der Waals surface area (Å²) in [6, 6.07) is 6.94. The van der Waals surface area contributed by atoms with E-state index in [2.05, 4.69) is 32.1 Å². The highest BCUT2D eigenvalue weighted by Gasteiger charge is 2.16. The number of benzene rings is 1. The van der Waals surface area contributed by atoms with Crippen LogP contribution in [0.2, 0.25) is 0 Å². The molecule has 0 radical (unpaired) electrons. The van der Waals surface area contributed by atoms with E-state index in [0.29, 0.717) is 22.9 Å². The fourth-order valence-corrected chi connectivity index (χ4v) is 2.50. The van der Waals surface area contributed by atoms with Crippen LogP contribution in [0.5, 0.6) is 5.75 Å². The zero-order valence-corrected chi connectivity index (χ0v) is 13.9. The number of hydrogen-bond acceptors (Lipinski definition) is 6. The maximum Gasteiger partial charge on any atom is 0.255 e. The van der Waals surface area contributed by atoms with Crippen molar-refractivity contribution in [3.05, 3.63) is 42.2 Å². The van der Waals surface area contributed by atoms with Crippen molar-refractivity contribution in [3.63, 3.8) is 0 Å². The Labute approximate surface area is 141 Å². The van der Waals surface area contributed by atoms with E-state index in [1.54, 1.807) is 43.8 Å². The summed E-state index contributed by atoms with van der Waals surface area (Å²) < 4.78 is 5.09. The normalized spacial score (nSPS) is 15.2. The first-order valence-corrected chi connectivity index (χ1v) is 7.86. The van der Waals surface area contributed by atoms with Gasteiger partial charge >= 0.3 is 0 Å². The van der Waals surface area contributed by atoms with Gasteiger partial charge < -0.3 is 19.9 Å². The van der Waals surface area contributed by atoms with Gasteiger partial charge in [0.2, 0.25) is 5.95 Å². The van der Waals surface area contributed by atoms with Crippen LogP contribution in [0.15, 0.2) is 36.7 Å². The Balaban J connectivity index is 1.62. The summed E-state index contributed by atoms with van der Waals surface area (Å²) >= 11 is 0. The van der Waals surface area contributed by atoms with E-state index >= 15 is 0 Å². The van der Waals surface area contributed by atoms with Crippen LogP contribution in [-0.2, 0) is 0 Å². The number of likely N-dealkylation sites (N-methyl/N-ethyl adjacent to an activating group) is 1. The first-order valence-electron chi connectivity index (χ1n) is 7.86. The number of nitrogens with one attached hydrogen (secondary N) is 1. The topological polar surface area (TPSA) is 70.6 Å². The van der Waals surface area contributed by atoms with Crippen LogP contribution in [-0.4, -0.2) is 61.1 Å². The highest BCUT2D eigenvalue weighted by Crippen LogP contribution is 2.15. The van der Waals surface area contributed by atoms with Crippen molar-refractivity contribution in [2.45, 2.75) is 0 Å². The molecule has 7 heteroatoms. The van der Waals surface area contributed by atoms with Gasteiger partial charge in [-0.25, -0.2) is 9.97 Å². The lowest BCUT2D eigenvalue weighted by Crippen LogP contribution is -2.45. The van der Waals surface area contributed by atoms with Gasteiger partial charge in [0.15, 0.2) is 0 Å². The second-order valence-electron chi connectivity index (χ2n) is 5.74. The van der Waals surface area contributed by atoms with Gasteiger partial charge in [0.1, 0.15) is 5.75 Å². The van der Waals surface area contributed by atoms with Crippen molar-refractivity contribution in [2.24, 2.45) is 0 Å². The van der Waals surface area contributed by atoms with Gasteiger partial charge in [-0.2, -0.15) is 0 Å². The Morgan fingerprint density at radius 3 is 2.29 bits per heavy atom. The Kier molecular flexibility index (Phi) is 4.90. The van der Waals surface area contributed by atoms with Gasteiger partial charge in [-0.05, 0) is 31.3 Å². The number of methoxy groups -OCH3 is 1. The molecule has 0 unspecified atom stereocenters. The van der Waals surface area contributed by atoms with Crippen LogP contribution in [0.1, 0.15) is 10.4 Å². The van der Waals surface area contributed by atoms with Crippen LogP contribution >= 0.6 is 0 Å². The second kappa shape index (κ2) is 7.27. The Hall–Kier alpha value is -2.67. The fourth-order valence-electron chi connectivity index (χ4n) is 2.50. The van der Waals surface area contributed by atoms with E-state index in [4.69, 9.17) is 4.74 Å². The third-order valence-electron chi connectivity index (χ3n) is 4.03. The minimum Gasteiger partial charge on any atom is -0.497 e. The summed E-state index contributed by atoms with van der Waals surface area (Å²) in [4.78, 5) is 25.4. The third-order valence-corrected chi connectivity index (χ3v) is 4.03. The highest BCUT2D eigenvalue weighted by atomic mass is 16.5. The molecule has 126 valence electrons. The number of piperazine rings is 1. The van der Waals surface area contributed by atoms with E-state index < -0.39 is 0 Å². The maximum atomic E-state index is 12.2. The summed E-state index contributed by atoms with van der Waals surface area (Å²) in [6.45, 7) is 3.82. The molecule has 1 N–H and O–H groups in total. The predicted molar refractivity (Wildman–Crippen MR) is 92.7 cm³/mol. The summed E-state index contributed by atoms with van der Waals surface area (Å²) in [7, 11) is 3.70. The number of hydrogen-bond donors (Lipinski definition) is 1. The molecule has 1 fully saturated rings. The third kappa shape index (κ3) is 3.80. The summed E-state index contributed by atoms with van der Waals surface area (Å²) in [5, 5.41) is 2.80. The van der Waals surface area contributed by atoms with Crippen LogP contribution in [0.25, 0.3) is 0 Å². The lowest BCUT2D eigenvalue weighted by Gasteiger charge is -2.32. The number of amides is 1. The van der Waals surface area contributed by atoms with Crippen molar-refractivity contribution in [2.75, 3.05) is 50.6 Å². The molecular weight excluding hydrogens is 306 g/mol. The lowest BCUT2D eigenvalue weighted by molar-refractivity contribution is 0.102. The molecule has 1 aliphatic rings. The molecule has 1 aromatic heterocycles. The highest BCUT2D eigenvalue weighted by molar-refractivity contribution is 6.04. The van der Waals surface area contributed by atoms with E-state index in [-0.39, 0.29) is 5.91 Å². The van der Waals surface area contributed by atoms with Crippen molar-refractivity contribution >= 4 is 17.5 Å². The SMILES string of the molecule is COc1ccc(C(=O)Nc2cnc(N3CCN(C)CC3)nc2)cc1. The molecule has 1 amide bonds. The van der Waals surface area contributed by atoms with Crippen LogP contribution in [0.4, 0.5) is 11.6 Å². The van der Waals surface area contributed by atoms with Gasteiger partial charge in [0.05, 0.1) is 25.2 Å². The van der Waals surface area contributed by atoms with E-state index in [1.165, 1.54) is 0 Å². The van der Waals surface area contributed by atoms with Crippen molar-refractivity contribution in [1.29, 1.82) is 0 Å². The second-order valence-corrected chi connectivity index (χ2v) is 5.74. The van der Waals surface area contributed by atoms with Crippen molar-refractivity contribution in [3.8, 4) is 5.75 Å². The van der Waals surface area contributed by atoms with Gasteiger partial charge in [-0.3, -0.25) is 4.79 Å². The molecule has 24 heavy (non-hydrogen) atoms. The zero-order chi connectivity index (χ0) is 16.9. The molecule has 2 heterocycles. The number of ether oxygens (including phenoxy) is 1. The van der Waals surface area contributed by atoms with Crippen molar-refractivity contribution in [1.82, 2.24) is 14.9 Å². The van der Waals surface area contributed by atoms with Gasteiger partial charge in [0.25, 0.3) is 5.91 Å². The summed E-state index contributed by atoms with van der Waals surface area (Å²) in [5.74, 6) is 1.21. The first-order chi connectivity index (χ1) is 11.7. The first kappa shape index (κ1) is 16.2. The molecule has 0 aliphatic carbocycles. The standard InChI is InChI=1S/C17H21N5O2/c1-21-7-9-22(10-8-21)17-18-11-14(12-19-17)20-16(23)13-3-5-15(24-2)6-4-13/h3-6,11-12H,7-10H2,1-2H3,(H,20,23). The average molecular weight is 327 g/mol. The molecule has 0 atom stereocenters. The summed E-state index contributed by atoms with van der Waals surface area (Å²) in [6.07, 6.45) is 3.28. The smallest absolute Gasteiger partial charge is 0.255 e. The maximum absolute atomic E-state index is 12.2. The zero-order valence-electron chi connectivity index (χ0n) is 13.9. The number of nitrogens with zero attached hydrogens (tertiary/aromatic N) is 4. The van der Waals surface area contributed by atoms with E-state index in [1.807, 2.05) is 0 Å². The molecule has 2 aromatic rings. The quantitative estimate of drug-likeness (QED) is 0.917. The number of anilines is 2. The van der Waals surface area contributed by atoms with Crippen LogP contribution < -0.4 is 15.0 Å². The Morgan fingerprint density at radius 2 is 1.71 bits per heavy atom. The van der Waals surface area contributed by atoms with Gasteiger partial charge in [0, 0.05) is 31.7 Å². The Morgan fingerprint density at radius 1 is 1.08 bits per heavy atom. The molecule has 1 saturated heterocycles. The number of rotatable bonds is 4. The average Bonchev–Trinajstić information content (AvgIpc) is 2.63. The number of carbonyl (C=O) groups is 1. The molecule has 0 saturated carbocycles. The molecule has 0 bridgehead atoms. The monoisotopic (exact) mass is 327 g/mol. The molecule has 3 rings (SSSR count). The molecule has 1 aliphatic heterocycles. The van der Waals surface area contributed by atoms with E-state index in [0.717, 1.165) is 26.2 Å². The lowest BCUT2D eigenvalue weighted by atomic mass is 10.2. The number of carbonyl (C=O) groups excluding carboxylic acids is 1. The van der Waals surface area contributed by atoms with Crippen LogP contribution in [0, 0.1) is 0 Å². The largest absolute Gasteiger partial charge is 0.497 e. The van der Waals surface area contributed by atoms with E-state index in [9.17, 15) is 4.79 Å². The molecule has 0 spiro atoms. The van der Waals surface area contributed by atoms with Crippen LogP contribution in [0.3, 0.4) is 0 Å². The fraction of sp³-hybridized carbons (Fsp3) is 0.353. The predicted octanol–water partition coefficient (Wildman–Crippen LogP) is 1.49. The minimum absolute atomic E-state index is 0.200. The van der Waals surface area contributed by atoms with Gasteiger partial charge in [-0.1, -0.05) is 0 Å². The minimum atomic E-state index is -0.200. The Bertz CT molecular complexity index is 679.